The molecule has 168 valence electrons. The van der Waals surface area contributed by atoms with Crippen molar-refractivity contribution in [2.24, 2.45) is 0 Å². The van der Waals surface area contributed by atoms with E-state index in [9.17, 15) is 19.7 Å². The lowest BCUT2D eigenvalue weighted by atomic mass is 9.82. The molecule has 0 atom stereocenters. The van der Waals surface area contributed by atoms with Crippen LogP contribution >= 0.6 is 0 Å². The van der Waals surface area contributed by atoms with Crippen LogP contribution in [0.2, 0.25) is 0 Å². The molecule has 2 aliphatic heterocycles. The lowest BCUT2D eigenvalue weighted by molar-refractivity contribution is -0.385. The predicted molar refractivity (Wildman–Crippen MR) is 115 cm³/mol. The predicted octanol–water partition coefficient (Wildman–Crippen LogP) is 3.56. The van der Waals surface area contributed by atoms with Crippen LogP contribution in [0.1, 0.15) is 45.5 Å². The number of ketones is 1. The number of nitro benzene ring substituents is 1. The molecule has 1 amide bonds. The number of carbonyl (C=O) groups excluding carboxylic acids is 2. The molecule has 2 aromatic carbocycles. The van der Waals surface area contributed by atoms with Gasteiger partial charge in [0.25, 0.3) is 11.6 Å². The number of hydrogen-bond acceptors (Lipinski definition) is 7. The number of hydrogen-bond donors (Lipinski definition) is 0. The number of nitrogens with zero attached hydrogens (tertiary/aromatic N) is 2. The van der Waals surface area contributed by atoms with Crippen LogP contribution in [-0.4, -0.2) is 54.4 Å². The first-order chi connectivity index (χ1) is 15.3. The number of likely N-dealkylation sites (tertiary alicyclic amines) is 1. The molecule has 9 heteroatoms. The molecule has 9 nitrogen and oxygen atoms in total. The lowest BCUT2D eigenvalue weighted by Crippen LogP contribution is -2.52. The number of amides is 1. The highest BCUT2D eigenvalue weighted by molar-refractivity contribution is 6.01. The van der Waals surface area contributed by atoms with E-state index in [4.69, 9.17) is 14.2 Å². The maximum absolute atomic E-state index is 13.2. The Morgan fingerprint density at radius 1 is 1.12 bits per heavy atom. The molecule has 4 rings (SSSR count). The van der Waals surface area contributed by atoms with E-state index in [1.165, 1.54) is 26.4 Å². The van der Waals surface area contributed by atoms with Gasteiger partial charge in [-0.2, -0.15) is 0 Å². The molecule has 1 fully saturated rings. The zero-order valence-electron chi connectivity index (χ0n) is 18.2. The summed E-state index contributed by atoms with van der Waals surface area (Å²) in [5.74, 6) is 0.553. The lowest BCUT2D eigenvalue weighted by Gasteiger charge is -2.44. The van der Waals surface area contributed by atoms with Crippen molar-refractivity contribution in [2.45, 2.75) is 31.8 Å². The molecule has 0 radical (unpaired) electrons. The number of methoxy groups -OCH3 is 2. The highest BCUT2D eigenvalue weighted by Crippen LogP contribution is 2.41. The summed E-state index contributed by atoms with van der Waals surface area (Å²) in [4.78, 5) is 38.4. The maximum atomic E-state index is 13.2. The van der Waals surface area contributed by atoms with Crippen molar-refractivity contribution in [1.29, 1.82) is 0 Å². The molecule has 2 aliphatic rings. The van der Waals surface area contributed by atoms with Crippen molar-refractivity contribution >= 4 is 17.4 Å². The second-order valence-corrected chi connectivity index (χ2v) is 8.16. The van der Waals surface area contributed by atoms with E-state index in [-0.39, 0.29) is 35.0 Å². The van der Waals surface area contributed by atoms with Crippen molar-refractivity contribution in [2.75, 3.05) is 27.3 Å². The number of aryl methyl sites for hydroxylation is 1. The molecular weight excluding hydrogens is 416 g/mol. The Morgan fingerprint density at radius 3 is 2.41 bits per heavy atom. The van der Waals surface area contributed by atoms with E-state index >= 15 is 0 Å². The largest absolute Gasteiger partial charge is 0.493 e. The second kappa shape index (κ2) is 8.14. The van der Waals surface area contributed by atoms with Gasteiger partial charge in [-0.3, -0.25) is 19.7 Å². The van der Waals surface area contributed by atoms with Gasteiger partial charge in [0.1, 0.15) is 16.9 Å². The number of carbonyl (C=O) groups is 2. The summed E-state index contributed by atoms with van der Waals surface area (Å²) in [5.41, 5.74) is 0.509. The van der Waals surface area contributed by atoms with Crippen LogP contribution in [0.4, 0.5) is 5.69 Å². The third kappa shape index (κ3) is 3.74. The standard InChI is InChI=1S/C23H24N2O7/c1-14-4-5-19-16(10-14)18(26)13-23(32-19)6-8-24(9-7-23)22(27)15-11-20(30-2)21(31-3)12-17(15)25(28)29/h4-5,10-12H,6-9,13H2,1-3H3. The van der Waals surface area contributed by atoms with Gasteiger partial charge in [0, 0.05) is 32.0 Å². The molecule has 0 aromatic heterocycles. The van der Waals surface area contributed by atoms with Crippen LogP contribution < -0.4 is 14.2 Å². The highest BCUT2D eigenvalue weighted by atomic mass is 16.6. The summed E-state index contributed by atoms with van der Waals surface area (Å²) >= 11 is 0. The van der Waals surface area contributed by atoms with Crippen molar-refractivity contribution in [3.63, 3.8) is 0 Å². The monoisotopic (exact) mass is 440 g/mol. The minimum atomic E-state index is -0.667. The van der Waals surface area contributed by atoms with Crippen LogP contribution in [0, 0.1) is 17.0 Å². The number of Topliss-reactive ketones (excluding diaryl/α,β-unsaturated/α-hetero) is 1. The zero-order chi connectivity index (χ0) is 23.0. The third-order valence-corrected chi connectivity index (χ3v) is 6.14. The number of rotatable bonds is 4. The van der Waals surface area contributed by atoms with E-state index in [0.29, 0.717) is 37.2 Å². The summed E-state index contributed by atoms with van der Waals surface area (Å²) in [5, 5.41) is 11.6. The molecule has 1 saturated heterocycles. The van der Waals surface area contributed by atoms with Gasteiger partial charge in [-0.25, -0.2) is 0 Å². The Bertz CT molecular complexity index is 1100. The molecule has 2 heterocycles. The number of piperidine rings is 1. The summed E-state index contributed by atoms with van der Waals surface area (Å²) in [6.45, 7) is 2.56. The van der Waals surface area contributed by atoms with Gasteiger partial charge in [-0.05, 0) is 19.1 Å². The molecule has 32 heavy (non-hydrogen) atoms. The Hall–Kier alpha value is -3.62. The van der Waals surface area contributed by atoms with E-state index < -0.39 is 16.4 Å². The van der Waals surface area contributed by atoms with Crippen molar-refractivity contribution in [3.05, 3.63) is 57.1 Å². The minimum Gasteiger partial charge on any atom is -0.493 e. The zero-order valence-corrected chi connectivity index (χ0v) is 18.2. The molecule has 0 saturated carbocycles. The van der Waals surface area contributed by atoms with Crippen LogP contribution in [0.25, 0.3) is 0 Å². The Labute approximate surface area is 185 Å². The van der Waals surface area contributed by atoms with Crippen LogP contribution in [0.15, 0.2) is 30.3 Å². The van der Waals surface area contributed by atoms with Crippen molar-refractivity contribution in [3.8, 4) is 17.2 Å². The van der Waals surface area contributed by atoms with Gasteiger partial charge in [0.2, 0.25) is 0 Å². The number of ether oxygens (including phenoxy) is 3. The van der Waals surface area contributed by atoms with Crippen LogP contribution in [0.5, 0.6) is 17.2 Å². The maximum Gasteiger partial charge on any atom is 0.286 e. The highest BCUT2D eigenvalue weighted by Gasteiger charge is 2.44. The van der Waals surface area contributed by atoms with Gasteiger partial charge in [0.05, 0.1) is 37.2 Å². The van der Waals surface area contributed by atoms with Gasteiger partial charge >= 0.3 is 0 Å². The SMILES string of the molecule is COc1cc(C(=O)N2CCC3(CC2)CC(=O)c2cc(C)ccc2O3)c([N+](=O)[O-])cc1OC. The molecule has 0 unspecified atom stereocenters. The van der Waals surface area contributed by atoms with E-state index in [1.807, 2.05) is 25.1 Å². The Balaban J connectivity index is 1.55. The molecule has 0 bridgehead atoms. The second-order valence-electron chi connectivity index (χ2n) is 8.16. The average Bonchev–Trinajstić information content (AvgIpc) is 2.78. The first-order valence-electron chi connectivity index (χ1n) is 10.3. The van der Waals surface area contributed by atoms with Crippen LogP contribution in [0.3, 0.4) is 0 Å². The van der Waals surface area contributed by atoms with Gasteiger partial charge in [0.15, 0.2) is 17.3 Å². The minimum absolute atomic E-state index is 0.0326. The summed E-state index contributed by atoms with van der Waals surface area (Å²) in [6.07, 6.45) is 1.17. The number of nitro groups is 1. The molecule has 2 aromatic rings. The molecule has 0 aliphatic carbocycles. The Kier molecular flexibility index (Phi) is 5.50. The number of benzene rings is 2. The average molecular weight is 440 g/mol. The molecular formula is C23H24N2O7. The summed E-state index contributed by atoms with van der Waals surface area (Å²) in [6, 6.07) is 8.08. The first kappa shape index (κ1) is 21.6. The Morgan fingerprint density at radius 2 is 1.78 bits per heavy atom. The quantitative estimate of drug-likeness (QED) is 0.528. The fourth-order valence-corrected chi connectivity index (χ4v) is 4.37. The molecule has 1 spiro atoms. The summed E-state index contributed by atoms with van der Waals surface area (Å²) in [7, 11) is 2.78. The summed E-state index contributed by atoms with van der Waals surface area (Å²) < 4.78 is 16.6. The van der Waals surface area contributed by atoms with Crippen molar-refractivity contribution in [1.82, 2.24) is 4.90 Å². The fraction of sp³-hybridized carbons (Fsp3) is 0.391. The van der Waals surface area contributed by atoms with E-state index in [2.05, 4.69) is 0 Å². The van der Waals surface area contributed by atoms with Gasteiger partial charge in [-0.15, -0.1) is 0 Å². The number of fused-ring (bicyclic) bond motifs is 1. The smallest absolute Gasteiger partial charge is 0.286 e. The van der Waals surface area contributed by atoms with Crippen molar-refractivity contribution < 1.29 is 28.7 Å². The van der Waals surface area contributed by atoms with E-state index in [0.717, 1.165) is 5.56 Å². The normalized spacial score (nSPS) is 16.8. The van der Waals surface area contributed by atoms with Crippen LogP contribution in [-0.2, 0) is 0 Å². The van der Waals surface area contributed by atoms with Gasteiger partial charge in [-0.1, -0.05) is 11.6 Å². The van der Waals surface area contributed by atoms with Gasteiger partial charge < -0.3 is 19.1 Å². The first-order valence-corrected chi connectivity index (χ1v) is 10.3. The topological polar surface area (TPSA) is 108 Å². The van der Waals surface area contributed by atoms with E-state index in [1.54, 1.807) is 4.90 Å². The third-order valence-electron chi connectivity index (χ3n) is 6.14. The fourth-order valence-electron chi connectivity index (χ4n) is 4.37. The molecule has 0 N–H and O–H groups in total.